The molecular formula is C12H15FN2O. The molecule has 1 fully saturated rings. The molecule has 2 N–H and O–H groups in total. The van der Waals surface area contributed by atoms with Gasteiger partial charge in [-0.2, -0.15) is 0 Å². The lowest BCUT2D eigenvalue weighted by Gasteiger charge is -2.37. The number of amides is 1. The summed E-state index contributed by atoms with van der Waals surface area (Å²) in [5.41, 5.74) is 0.175. The van der Waals surface area contributed by atoms with Gasteiger partial charge in [-0.15, -0.1) is 0 Å². The van der Waals surface area contributed by atoms with Crippen LogP contribution in [-0.4, -0.2) is 18.0 Å². The highest BCUT2D eigenvalue weighted by atomic mass is 19.1. The van der Waals surface area contributed by atoms with Crippen LogP contribution in [0.25, 0.3) is 0 Å². The van der Waals surface area contributed by atoms with Crippen molar-refractivity contribution in [3.05, 3.63) is 35.6 Å². The van der Waals surface area contributed by atoms with Gasteiger partial charge in [0, 0.05) is 17.6 Å². The van der Waals surface area contributed by atoms with Crippen molar-refractivity contribution in [1.82, 2.24) is 10.6 Å². The minimum absolute atomic E-state index is 0.176. The van der Waals surface area contributed by atoms with Crippen LogP contribution >= 0.6 is 0 Å². The Bertz CT molecular complexity index is 417. The summed E-state index contributed by atoms with van der Waals surface area (Å²) in [6.45, 7) is 4.50. The van der Waals surface area contributed by atoms with Crippen LogP contribution < -0.4 is 10.6 Å². The van der Waals surface area contributed by atoms with Gasteiger partial charge in [0.2, 0.25) is 5.91 Å². The molecule has 3 nitrogen and oxygen atoms in total. The van der Waals surface area contributed by atoms with E-state index in [1.54, 1.807) is 18.2 Å². The molecular weight excluding hydrogens is 207 g/mol. The Morgan fingerprint density at radius 1 is 1.38 bits per heavy atom. The van der Waals surface area contributed by atoms with E-state index in [1.807, 2.05) is 13.8 Å². The molecule has 1 aliphatic heterocycles. The van der Waals surface area contributed by atoms with Crippen molar-refractivity contribution in [3.8, 4) is 0 Å². The van der Waals surface area contributed by atoms with E-state index in [-0.39, 0.29) is 17.3 Å². The SMILES string of the molecule is CC1(C)CNC(=O)C(c2ccccc2F)N1. The Balaban J connectivity index is 2.32. The van der Waals surface area contributed by atoms with Crippen LogP contribution in [0.4, 0.5) is 4.39 Å². The Hall–Kier alpha value is -1.42. The molecule has 0 aliphatic carbocycles. The Kier molecular flexibility index (Phi) is 2.68. The summed E-state index contributed by atoms with van der Waals surface area (Å²) < 4.78 is 13.6. The summed E-state index contributed by atoms with van der Waals surface area (Å²) in [4.78, 5) is 11.7. The predicted molar refractivity (Wildman–Crippen MR) is 59.4 cm³/mol. The van der Waals surface area contributed by atoms with E-state index < -0.39 is 6.04 Å². The van der Waals surface area contributed by atoms with Gasteiger partial charge in [0.15, 0.2) is 0 Å². The molecule has 1 aliphatic rings. The minimum Gasteiger partial charge on any atom is -0.353 e. The number of rotatable bonds is 1. The lowest BCUT2D eigenvalue weighted by molar-refractivity contribution is -0.126. The molecule has 0 bridgehead atoms. The molecule has 4 heteroatoms. The summed E-state index contributed by atoms with van der Waals surface area (Å²) in [6.07, 6.45) is 0. The maximum Gasteiger partial charge on any atom is 0.241 e. The van der Waals surface area contributed by atoms with Crippen LogP contribution in [-0.2, 0) is 4.79 Å². The number of carbonyl (C=O) groups excluding carboxylic acids is 1. The molecule has 0 saturated carbocycles. The second-order valence-corrected chi connectivity index (χ2v) is 4.70. The van der Waals surface area contributed by atoms with Crippen LogP contribution in [0.2, 0.25) is 0 Å². The number of nitrogens with one attached hydrogen (secondary N) is 2. The zero-order valence-corrected chi connectivity index (χ0v) is 9.38. The minimum atomic E-state index is -0.607. The third kappa shape index (κ3) is 2.07. The summed E-state index contributed by atoms with van der Waals surface area (Å²) >= 11 is 0. The summed E-state index contributed by atoms with van der Waals surface area (Å²) in [5, 5.41) is 5.93. The van der Waals surface area contributed by atoms with E-state index in [0.717, 1.165) is 0 Å². The summed E-state index contributed by atoms with van der Waals surface area (Å²) in [7, 11) is 0. The first-order chi connectivity index (χ1) is 7.49. The van der Waals surface area contributed by atoms with Crippen LogP contribution in [0.5, 0.6) is 0 Å². The average Bonchev–Trinajstić information content (AvgIpc) is 2.23. The molecule has 86 valence electrons. The fourth-order valence-corrected chi connectivity index (χ4v) is 1.85. The number of hydrogen-bond donors (Lipinski definition) is 2. The third-order valence-corrected chi connectivity index (χ3v) is 2.72. The first kappa shape index (κ1) is 11.1. The lowest BCUT2D eigenvalue weighted by atomic mass is 9.95. The van der Waals surface area contributed by atoms with Gasteiger partial charge >= 0.3 is 0 Å². The quantitative estimate of drug-likeness (QED) is 0.753. The molecule has 1 unspecified atom stereocenters. The fraction of sp³-hybridized carbons (Fsp3) is 0.417. The number of carbonyl (C=O) groups is 1. The maximum atomic E-state index is 13.6. The normalized spacial score (nSPS) is 23.9. The molecule has 0 radical (unpaired) electrons. The monoisotopic (exact) mass is 222 g/mol. The third-order valence-electron chi connectivity index (χ3n) is 2.72. The summed E-state index contributed by atoms with van der Waals surface area (Å²) in [5.74, 6) is -0.530. The standard InChI is InChI=1S/C12H15FN2O/c1-12(2)7-14-11(16)10(15-12)8-5-3-4-6-9(8)13/h3-6,10,15H,7H2,1-2H3,(H,14,16). The number of piperazine rings is 1. The fourth-order valence-electron chi connectivity index (χ4n) is 1.85. The van der Waals surface area contributed by atoms with Gasteiger partial charge in [-0.1, -0.05) is 18.2 Å². The van der Waals surface area contributed by atoms with Crippen LogP contribution in [0.3, 0.4) is 0 Å². The second kappa shape index (κ2) is 3.87. The van der Waals surface area contributed by atoms with Crippen molar-refractivity contribution in [3.63, 3.8) is 0 Å². The van der Waals surface area contributed by atoms with Crippen LogP contribution in [0.1, 0.15) is 25.5 Å². The molecule has 1 atom stereocenters. The van der Waals surface area contributed by atoms with E-state index in [2.05, 4.69) is 10.6 Å². The zero-order chi connectivity index (χ0) is 11.8. The summed E-state index contributed by atoms with van der Waals surface area (Å²) in [6, 6.07) is 5.74. The van der Waals surface area contributed by atoms with Gasteiger partial charge < -0.3 is 5.32 Å². The largest absolute Gasteiger partial charge is 0.353 e. The van der Waals surface area contributed by atoms with Gasteiger partial charge in [0.1, 0.15) is 11.9 Å². The van der Waals surface area contributed by atoms with Crippen molar-refractivity contribution in [2.75, 3.05) is 6.54 Å². The molecule has 2 rings (SSSR count). The maximum absolute atomic E-state index is 13.6. The topological polar surface area (TPSA) is 41.1 Å². The molecule has 1 aromatic rings. The molecule has 0 aromatic heterocycles. The van der Waals surface area contributed by atoms with E-state index in [4.69, 9.17) is 0 Å². The van der Waals surface area contributed by atoms with Gasteiger partial charge in [0.25, 0.3) is 0 Å². The highest BCUT2D eigenvalue weighted by Crippen LogP contribution is 2.22. The van der Waals surface area contributed by atoms with Crippen molar-refractivity contribution < 1.29 is 9.18 Å². The highest BCUT2D eigenvalue weighted by Gasteiger charge is 2.34. The number of hydrogen-bond acceptors (Lipinski definition) is 2. The molecule has 0 spiro atoms. The Morgan fingerprint density at radius 3 is 2.75 bits per heavy atom. The number of halogens is 1. The van der Waals surface area contributed by atoms with Crippen molar-refractivity contribution >= 4 is 5.91 Å². The molecule has 1 aromatic carbocycles. The van der Waals surface area contributed by atoms with Crippen LogP contribution in [0, 0.1) is 5.82 Å². The van der Waals surface area contributed by atoms with Gasteiger partial charge in [-0.05, 0) is 19.9 Å². The average molecular weight is 222 g/mol. The van der Waals surface area contributed by atoms with E-state index >= 15 is 0 Å². The molecule has 1 amide bonds. The predicted octanol–water partition coefficient (Wildman–Crippen LogP) is 1.36. The molecule has 1 saturated heterocycles. The lowest BCUT2D eigenvalue weighted by Crippen LogP contribution is -2.59. The van der Waals surface area contributed by atoms with E-state index in [0.29, 0.717) is 12.1 Å². The van der Waals surface area contributed by atoms with Crippen molar-refractivity contribution in [2.45, 2.75) is 25.4 Å². The molecule has 1 heterocycles. The van der Waals surface area contributed by atoms with Gasteiger partial charge in [-0.3, -0.25) is 10.1 Å². The zero-order valence-electron chi connectivity index (χ0n) is 9.38. The van der Waals surface area contributed by atoms with Crippen molar-refractivity contribution in [2.24, 2.45) is 0 Å². The Labute approximate surface area is 94.0 Å². The van der Waals surface area contributed by atoms with Gasteiger partial charge in [0.05, 0.1) is 0 Å². The van der Waals surface area contributed by atoms with Crippen molar-refractivity contribution in [1.29, 1.82) is 0 Å². The van der Waals surface area contributed by atoms with E-state index in [9.17, 15) is 9.18 Å². The first-order valence-corrected chi connectivity index (χ1v) is 5.29. The highest BCUT2D eigenvalue weighted by molar-refractivity contribution is 5.84. The molecule has 16 heavy (non-hydrogen) atoms. The van der Waals surface area contributed by atoms with E-state index in [1.165, 1.54) is 6.07 Å². The second-order valence-electron chi connectivity index (χ2n) is 4.70. The smallest absolute Gasteiger partial charge is 0.241 e. The number of benzene rings is 1. The van der Waals surface area contributed by atoms with Gasteiger partial charge in [-0.25, -0.2) is 4.39 Å². The first-order valence-electron chi connectivity index (χ1n) is 5.29. The van der Waals surface area contributed by atoms with Crippen LogP contribution in [0.15, 0.2) is 24.3 Å². The Morgan fingerprint density at radius 2 is 2.06 bits per heavy atom.